The van der Waals surface area contributed by atoms with E-state index in [1.165, 1.54) is 193 Å². The minimum Gasteiger partial charge on any atom is -0.462 e. The summed E-state index contributed by atoms with van der Waals surface area (Å²) in [6, 6.07) is 0. The third kappa shape index (κ3) is 68.5. The number of ether oxygens (including phenoxy) is 2. The first-order chi connectivity index (χ1) is 40.6. The summed E-state index contributed by atoms with van der Waals surface area (Å²) in [7, 11) is 0. The molecule has 0 spiro atoms. The fraction of sp³-hybridized carbons (Fsp3) is 0.688. The van der Waals surface area contributed by atoms with Gasteiger partial charge in [-0.25, -0.2) is 0 Å². The monoisotopic (exact) mass is 1130 g/mol. The van der Waals surface area contributed by atoms with Crippen molar-refractivity contribution in [2.75, 3.05) is 13.2 Å². The summed E-state index contributed by atoms with van der Waals surface area (Å²) in [5.74, 6) is -0.639. The molecule has 0 aromatic heterocycles. The van der Waals surface area contributed by atoms with Crippen LogP contribution in [-0.4, -0.2) is 36.4 Å². The number of allylic oxidation sites excluding steroid dienone is 22. The van der Waals surface area contributed by atoms with Crippen molar-refractivity contribution in [2.45, 2.75) is 328 Å². The second-order valence-corrected chi connectivity index (χ2v) is 22.9. The molecule has 0 aromatic carbocycles. The van der Waals surface area contributed by atoms with Gasteiger partial charge in [0.25, 0.3) is 0 Å². The highest BCUT2D eigenvalue weighted by atomic mass is 16.6. The molecular formula is C77H130O5. The van der Waals surface area contributed by atoms with Gasteiger partial charge in [0.1, 0.15) is 6.61 Å². The van der Waals surface area contributed by atoms with Crippen LogP contribution in [0.3, 0.4) is 0 Å². The van der Waals surface area contributed by atoms with Crippen LogP contribution in [0.15, 0.2) is 134 Å². The van der Waals surface area contributed by atoms with Gasteiger partial charge >= 0.3 is 11.9 Å². The molecule has 0 aliphatic heterocycles. The van der Waals surface area contributed by atoms with E-state index in [1.54, 1.807) is 0 Å². The van der Waals surface area contributed by atoms with Crippen molar-refractivity contribution >= 4 is 11.9 Å². The van der Waals surface area contributed by atoms with Crippen LogP contribution in [0.1, 0.15) is 322 Å². The lowest BCUT2D eigenvalue weighted by Crippen LogP contribution is -2.28. The van der Waals surface area contributed by atoms with Crippen LogP contribution in [0.25, 0.3) is 0 Å². The normalized spacial score (nSPS) is 13.1. The van der Waals surface area contributed by atoms with Crippen molar-refractivity contribution in [2.24, 2.45) is 0 Å². The molecule has 1 unspecified atom stereocenters. The molecule has 82 heavy (non-hydrogen) atoms. The van der Waals surface area contributed by atoms with Crippen molar-refractivity contribution in [3.8, 4) is 0 Å². The van der Waals surface area contributed by atoms with Gasteiger partial charge < -0.3 is 14.6 Å². The van der Waals surface area contributed by atoms with E-state index in [-0.39, 0.29) is 25.2 Å². The second kappa shape index (κ2) is 71.3. The number of esters is 2. The quantitative estimate of drug-likeness (QED) is 0.0373. The molecule has 0 amide bonds. The van der Waals surface area contributed by atoms with Crippen LogP contribution < -0.4 is 0 Å². The summed E-state index contributed by atoms with van der Waals surface area (Å²) in [5.41, 5.74) is 0. The first kappa shape index (κ1) is 78.0. The predicted octanol–water partition coefficient (Wildman–Crippen LogP) is 24.3. The van der Waals surface area contributed by atoms with Crippen LogP contribution in [0, 0.1) is 0 Å². The summed E-state index contributed by atoms with van der Waals surface area (Å²) in [6.07, 6.45) is 106. The second-order valence-electron chi connectivity index (χ2n) is 22.9. The van der Waals surface area contributed by atoms with Gasteiger partial charge in [-0.05, 0) is 116 Å². The third-order valence-corrected chi connectivity index (χ3v) is 14.9. The van der Waals surface area contributed by atoms with Crippen LogP contribution in [0.5, 0.6) is 0 Å². The molecule has 0 saturated carbocycles. The zero-order valence-corrected chi connectivity index (χ0v) is 53.7. The Hall–Kier alpha value is -3.96. The van der Waals surface area contributed by atoms with Crippen LogP contribution in [0.2, 0.25) is 0 Å². The van der Waals surface area contributed by atoms with Gasteiger partial charge in [-0.2, -0.15) is 0 Å². The number of aliphatic hydroxyl groups excluding tert-OH is 1. The van der Waals surface area contributed by atoms with E-state index in [9.17, 15) is 14.7 Å². The topological polar surface area (TPSA) is 72.8 Å². The van der Waals surface area contributed by atoms with Gasteiger partial charge in [0.05, 0.1) is 6.61 Å². The molecule has 0 radical (unpaired) electrons. The Kier molecular flexibility index (Phi) is 67.9. The summed E-state index contributed by atoms with van der Waals surface area (Å²) in [6.45, 7) is 4.00. The van der Waals surface area contributed by atoms with Gasteiger partial charge in [-0.3, -0.25) is 9.59 Å². The lowest BCUT2D eigenvalue weighted by molar-refractivity contribution is -0.161. The molecule has 5 nitrogen and oxygen atoms in total. The smallest absolute Gasteiger partial charge is 0.306 e. The summed E-state index contributed by atoms with van der Waals surface area (Å²) >= 11 is 0. The Morgan fingerprint density at radius 2 is 0.524 bits per heavy atom. The van der Waals surface area contributed by atoms with Gasteiger partial charge in [0.15, 0.2) is 6.10 Å². The zero-order chi connectivity index (χ0) is 59.1. The number of hydrogen-bond acceptors (Lipinski definition) is 5. The van der Waals surface area contributed by atoms with Crippen molar-refractivity contribution in [3.63, 3.8) is 0 Å². The third-order valence-electron chi connectivity index (χ3n) is 14.9. The average molecular weight is 1140 g/mol. The van der Waals surface area contributed by atoms with Crippen LogP contribution >= 0.6 is 0 Å². The number of hydrogen-bond donors (Lipinski definition) is 1. The molecule has 0 aliphatic rings. The largest absolute Gasteiger partial charge is 0.462 e. The van der Waals surface area contributed by atoms with Gasteiger partial charge in [-0.15, -0.1) is 0 Å². The average Bonchev–Trinajstić information content (AvgIpc) is 3.49. The summed E-state index contributed by atoms with van der Waals surface area (Å²) < 4.78 is 10.7. The Labute approximate surface area is 508 Å². The molecule has 0 fully saturated rings. The van der Waals surface area contributed by atoms with E-state index >= 15 is 0 Å². The van der Waals surface area contributed by atoms with E-state index < -0.39 is 6.10 Å². The number of unbranched alkanes of at least 4 members (excludes halogenated alkanes) is 33. The number of aliphatic hydroxyl groups is 1. The number of rotatable bonds is 63. The maximum absolute atomic E-state index is 12.3. The Morgan fingerprint density at radius 1 is 0.293 bits per heavy atom. The van der Waals surface area contributed by atoms with E-state index in [1.807, 2.05) is 0 Å². The molecule has 1 atom stereocenters. The Morgan fingerprint density at radius 3 is 0.817 bits per heavy atom. The van der Waals surface area contributed by atoms with E-state index in [0.29, 0.717) is 12.8 Å². The van der Waals surface area contributed by atoms with Gasteiger partial charge in [-0.1, -0.05) is 327 Å². The molecule has 1 N–H and O–H groups in total. The first-order valence-corrected chi connectivity index (χ1v) is 34.7. The maximum Gasteiger partial charge on any atom is 0.306 e. The van der Waals surface area contributed by atoms with Crippen LogP contribution in [0.4, 0.5) is 0 Å². The minimum absolute atomic E-state index is 0.0885. The Bertz CT molecular complexity index is 1670. The molecule has 0 rings (SSSR count). The van der Waals surface area contributed by atoms with Crippen LogP contribution in [-0.2, 0) is 19.1 Å². The van der Waals surface area contributed by atoms with E-state index in [2.05, 4.69) is 148 Å². The van der Waals surface area contributed by atoms with E-state index in [0.717, 1.165) is 103 Å². The first-order valence-electron chi connectivity index (χ1n) is 34.7. The molecule has 0 heterocycles. The molecule has 5 heteroatoms. The molecular weight excluding hydrogens is 1000 g/mol. The predicted molar refractivity (Wildman–Crippen MR) is 361 cm³/mol. The highest BCUT2D eigenvalue weighted by Gasteiger charge is 2.16. The molecule has 0 aromatic rings. The lowest BCUT2D eigenvalue weighted by Gasteiger charge is -2.15. The fourth-order valence-corrected chi connectivity index (χ4v) is 9.76. The SMILES string of the molecule is CC/C=C\C/C=C\C/C=C\C/C=C\C/C=C\C/C=C\C/C=C\C/C=C\CCCCC(=O)OC(CO)COC(=O)CCCCCCCCCCCCCCCCCCCCCCCCCCCC/C=C\C/C=C\C/C=C\CCCCCCC. The highest BCUT2D eigenvalue weighted by molar-refractivity contribution is 5.70. The van der Waals surface area contributed by atoms with Crippen molar-refractivity contribution in [3.05, 3.63) is 134 Å². The number of carbonyl (C=O) groups is 2. The van der Waals surface area contributed by atoms with Crippen molar-refractivity contribution in [1.82, 2.24) is 0 Å². The number of carbonyl (C=O) groups excluding carboxylic acids is 2. The summed E-state index contributed by atoms with van der Waals surface area (Å²) in [5, 5.41) is 9.68. The maximum atomic E-state index is 12.3. The van der Waals surface area contributed by atoms with Crippen molar-refractivity contribution in [1.29, 1.82) is 0 Å². The van der Waals surface area contributed by atoms with Gasteiger partial charge in [0.2, 0.25) is 0 Å². The molecule has 0 aliphatic carbocycles. The standard InChI is InChI=1S/C77H130O5/c1-3-5-7-9-11-13-15-17-19-21-23-25-27-29-31-32-33-34-35-36-37-38-39-40-41-42-43-44-46-47-49-51-53-55-57-59-61-63-65-67-69-71-76(79)81-74-75(73-78)82-77(80)72-70-68-66-64-62-60-58-56-54-52-50-48-45-30-28-26-24-22-20-18-16-14-12-10-8-6-4-2/h6,8,12,14-15,17-18,20-21,23-24,26-27,29-30,45,50,52,56,58,62,64,75,78H,3-5,7,9-11,13,16,19,22,25,28,31-44,46-49,51,53-55,57,59-61,63,65-74H2,1-2H3/b8-6-,14-12-,17-15-,20-18-,23-21-,26-24-,29-27-,45-30-,52-50-,58-56-,64-62-. The molecule has 468 valence electrons. The van der Waals surface area contributed by atoms with E-state index in [4.69, 9.17) is 9.47 Å². The summed E-state index contributed by atoms with van der Waals surface area (Å²) in [4.78, 5) is 24.6. The highest BCUT2D eigenvalue weighted by Crippen LogP contribution is 2.17. The molecule has 0 saturated heterocycles. The van der Waals surface area contributed by atoms with Gasteiger partial charge in [0, 0.05) is 12.8 Å². The minimum atomic E-state index is -0.805. The molecule has 0 bridgehead atoms. The Balaban J connectivity index is 3.49. The lowest BCUT2D eigenvalue weighted by atomic mass is 10.0. The zero-order valence-electron chi connectivity index (χ0n) is 53.7. The van der Waals surface area contributed by atoms with Crippen molar-refractivity contribution < 1.29 is 24.2 Å². The fourth-order valence-electron chi connectivity index (χ4n) is 9.76.